The number of hydrogen-bond acceptors (Lipinski definition) is 4. The first-order valence-electron chi connectivity index (χ1n) is 8.58. The molecule has 0 spiro atoms. The first-order chi connectivity index (χ1) is 12.7. The third-order valence-corrected chi connectivity index (χ3v) is 4.65. The smallest absolute Gasteiger partial charge is 0.406 e. The van der Waals surface area contributed by atoms with E-state index in [1.54, 1.807) is 23.9 Å². The summed E-state index contributed by atoms with van der Waals surface area (Å²) in [5.74, 6) is -0.725. The summed E-state index contributed by atoms with van der Waals surface area (Å²) >= 11 is 0. The number of aromatic nitrogens is 2. The number of alkyl halides is 3. The number of carbonyl (C=O) groups is 1. The van der Waals surface area contributed by atoms with Crippen LogP contribution in [0.3, 0.4) is 0 Å². The van der Waals surface area contributed by atoms with E-state index in [0.717, 1.165) is 5.56 Å². The number of benzene rings is 1. The summed E-state index contributed by atoms with van der Waals surface area (Å²) in [5.41, 5.74) is 1.52. The van der Waals surface area contributed by atoms with Crippen LogP contribution in [0.25, 0.3) is 0 Å². The van der Waals surface area contributed by atoms with Crippen molar-refractivity contribution in [1.29, 1.82) is 0 Å². The van der Waals surface area contributed by atoms with Crippen molar-refractivity contribution in [2.75, 3.05) is 13.1 Å². The molecule has 1 saturated heterocycles. The highest BCUT2D eigenvalue weighted by Gasteiger charge is 2.35. The number of hydrogen-bond donors (Lipinski definition) is 2. The Bertz CT molecular complexity index is 812. The van der Waals surface area contributed by atoms with Gasteiger partial charge in [-0.15, -0.1) is 25.6 Å². The molecule has 1 fully saturated rings. The molecule has 3 rings (SSSR count). The van der Waals surface area contributed by atoms with Crippen LogP contribution in [0, 0.1) is 5.92 Å². The molecule has 3 atom stereocenters. The maximum absolute atomic E-state index is 12.7. The van der Waals surface area contributed by atoms with Gasteiger partial charge >= 0.3 is 6.36 Å². The second kappa shape index (κ2) is 8.83. The molecule has 10 heteroatoms. The Labute approximate surface area is 166 Å². The molecule has 2 N–H and O–H groups in total. The Balaban J connectivity index is 0.00000280. The van der Waals surface area contributed by atoms with Crippen molar-refractivity contribution in [3.63, 3.8) is 0 Å². The zero-order valence-electron chi connectivity index (χ0n) is 15.4. The second-order valence-electron chi connectivity index (χ2n) is 6.67. The van der Waals surface area contributed by atoms with Gasteiger partial charge in [-0.3, -0.25) is 9.48 Å². The molecule has 2 aromatic rings. The third-order valence-electron chi connectivity index (χ3n) is 4.65. The fraction of sp³-hybridized carbons (Fsp3) is 0.444. The Morgan fingerprint density at radius 2 is 2.14 bits per heavy atom. The van der Waals surface area contributed by atoms with E-state index < -0.39 is 12.4 Å². The molecule has 1 amide bonds. The third kappa shape index (κ3) is 5.39. The number of amides is 1. The Morgan fingerprint density at radius 3 is 2.79 bits per heavy atom. The van der Waals surface area contributed by atoms with E-state index in [0.29, 0.717) is 18.7 Å². The van der Waals surface area contributed by atoms with Crippen LogP contribution in [0.1, 0.15) is 30.0 Å². The molecule has 28 heavy (non-hydrogen) atoms. The average Bonchev–Trinajstić information content (AvgIpc) is 3.22. The number of halogens is 4. The monoisotopic (exact) mass is 418 g/mol. The molecule has 1 aromatic carbocycles. The predicted octanol–water partition coefficient (Wildman–Crippen LogP) is 2.92. The van der Waals surface area contributed by atoms with Gasteiger partial charge in [-0.2, -0.15) is 5.10 Å². The molecule has 1 aliphatic rings. The number of carbonyl (C=O) groups excluding carboxylic acids is 1. The SMILES string of the molecule is CC(NC(=O)[C@H]1CNC[C@@H]1c1cnn(C)c1)c1cccc(OC(F)(F)F)c1.Cl. The standard InChI is InChI=1S/C18H21F3N4O2.ClH/c1-11(12-4-3-5-14(6-12)27-18(19,20)21)24-17(26)16-9-22-8-15(16)13-7-23-25(2)10-13;/h3-7,10-11,15-16,22H,8-9H2,1-2H3,(H,24,26);1H/t11?,15-,16+;/m1./s1. The first kappa shape index (κ1) is 22.0. The van der Waals surface area contributed by atoms with Gasteiger partial charge in [-0.1, -0.05) is 12.1 Å². The van der Waals surface area contributed by atoms with Gasteiger partial charge < -0.3 is 15.4 Å². The summed E-state index contributed by atoms with van der Waals surface area (Å²) < 4.78 is 42.8. The van der Waals surface area contributed by atoms with Crippen molar-refractivity contribution in [1.82, 2.24) is 20.4 Å². The van der Waals surface area contributed by atoms with Gasteiger partial charge in [0.1, 0.15) is 5.75 Å². The lowest BCUT2D eigenvalue weighted by molar-refractivity contribution is -0.274. The molecule has 0 saturated carbocycles. The van der Waals surface area contributed by atoms with Crippen LogP contribution in [0.4, 0.5) is 13.2 Å². The van der Waals surface area contributed by atoms with Gasteiger partial charge in [-0.05, 0) is 30.2 Å². The highest BCUT2D eigenvalue weighted by Crippen LogP contribution is 2.29. The highest BCUT2D eigenvalue weighted by atomic mass is 35.5. The molecule has 0 radical (unpaired) electrons. The highest BCUT2D eigenvalue weighted by molar-refractivity contribution is 5.85. The molecule has 1 aromatic heterocycles. The fourth-order valence-electron chi connectivity index (χ4n) is 3.32. The van der Waals surface area contributed by atoms with Crippen molar-refractivity contribution in [2.45, 2.75) is 25.2 Å². The van der Waals surface area contributed by atoms with Crippen LogP contribution in [0.15, 0.2) is 36.7 Å². The summed E-state index contributed by atoms with van der Waals surface area (Å²) in [6, 6.07) is 5.17. The van der Waals surface area contributed by atoms with E-state index in [9.17, 15) is 18.0 Å². The second-order valence-corrected chi connectivity index (χ2v) is 6.67. The summed E-state index contributed by atoms with van der Waals surface area (Å²) in [4.78, 5) is 12.7. The van der Waals surface area contributed by atoms with Crippen molar-refractivity contribution in [3.05, 3.63) is 47.8 Å². The largest absolute Gasteiger partial charge is 0.573 e. The predicted molar refractivity (Wildman–Crippen MR) is 99.2 cm³/mol. The van der Waals surface area contributed by atoms with Gasteiger partial charge in [0.05, 0.1) is 18.2 Å². The maximum atomic E-state index is 12.7. The molecule has 2 heterocycles. The molecule has 6 nitrogen and oxygen atoms in total. The number of nitrogens with zero attached hydrogens (tertiary/aromatic N) is 2. The van der Waals surface area contributed by atoms with E-state index in [2.05, 4.69) is 20.5 Å². The van der Waals surface area contributed by atoms with Gasteiger partial charge in [-0.25, -0.2) is 0 Å². The molecule has 1 aliphatic heterocycles. The van der Waals surface area contributed by atoms with E-state index >= 15 is 0 Å². The molecule has 1 unspecified atom stereocenters. The molecule has 0 bridgehead atoms. The zero-order valence-corrected chi connectivity index (χ0v) is 16.2. The lowest BCUT2D eigenvalue weighted by Gasteiger charge is -2.21. The Kier molecular flexibility index (Phi) is 6.95. The number of nitrogens with one attached hydrogen (secondary N) is 2. The van der Waals surface area contributed by atoms with Crippen LogP contribution in [-0.4, -0.2) is 35.1 Å². The lowest BCUT2D eigenvalue weighted by atomic mass is 9.90. The molecular formula is C18H22ClF3N4O2. The van der Waals surface area contributed by atoms with E-state index in [1.165, 1.54) is 18.2 Å². The van der Waals surface area contributed by atoms with Crippen LogP contribution in [-0.2, 0) is 11.8 Å². The topological polar surface area (TPSA) is 68.2 Å². The normalized spacial score (nSPS) is 20.3. The first-order valence-corrected chi connectivity index (χ1v) is 8.58. The number of rotatable bonds is 5. The van der Waals surface area contributed by atoms with E-state index in [-0.39, 0.29) is 35.9 Å². The summed E-state index contributed by atoms with van der Waals surface area (Å²) in [5, 5.41) is 10.3. The lowest BCUT2D eigenvalue weighted by Crippen LogP contribution is -2.36. The Hall–Kier alpha value is -2.26. The van der Waals surface area contributed by atoms with Crippen molar-refractivity contribution >= 4 is 18.3 Å². The average molecular weight is 419 g/mol. The Morgan fingerprint density at radius 1 is 1.39 bits per heavy atom. The minimum atomic E-state index is -4.75. The van der Waals surface area contributed by atoms with Crippen LogP contribution >= 0.6 is 12.4 Å². The van der Waals surface area contributed by atoms with Gasteiger partial charge in [0.25, 0.3) is 0 Å². The van der Waals surface area contributed by atoms with Crippen molar-refractivity contribution < 1.29 is 22.7 Å². The minimum absolute atomic E-state index is 0. The van der Waals surface area contributed by atoms with Crippen molar-refractivity contribution in [3.8, 4) is 5.75 Å². The van der Waals surface area contributed by atoms with Crippen molar-refractivity contribution in [2.24, 2.45) is 13.0 Å². The van der Waals surface area contributed by atoms with E-state index in [1.807, 2.05) is 13.2 Å². The number of aryl methyl sites for hydroxylation is 1. The van der Waals surface area contributed by atoms with Crippen LogP contribution < -0.4 is 15.4 Å². The summed E-state index contributed by atoms with van der Waals surface area (Å²) in [6.45, 7) is 2.94. The minimum Gasteiger partial charge on any atom is -0.406 e. The quantitative estimate of drug-likeness (QED) is 0.783. The molecule has 154 valence electrons. The van der Waals surface area contributed by atoms with Crippen LogP contribution in [0.5, 0.6) is 5.75 Å². The summed E-state index contributed by atoms with van der Waals surface area (Å²) in [6.07, 6.45) is -1.11. The molecule has 0 aliphatic carbocycles. The van der Waals surface area contributed by atoms with Gasteiger partial charge in [0.15, 0.2) is 0 Å². The van der Waals surface area contributed by atoms with Gasteiger partial charge in [0, 0.05) is 32.3 Å². The molecular weight excluding hydrogens is 397 g/mol. The van der Waals surface area contributed by atoms with Gasteiger partial charge in [0.2, 0.25) is 5.91 Å². The maximum Gasteiger partial charge on any atom is 0.573 e. The summed E-state index contributed by atoms with van der Waals surface area (Å²) in [7, 11) is 1.82. The van der Waals surface area contributed by atoms with Crippen LogP contribution in [0.2, 0.25) is 0 Å². The fourth-order valence-corrected chi connectivity index (χ4v) is 3.32. The zero-order chi connectivity index (χ0) is 19.6. The number of ether oxygens (including phenoxy) is 1. The van der Waals surface area contributed by atoms with E-state index in [4.69, 9.17) is 0 Å².